The van der Waals surface area contributed by atoms with E-state index in [1.807, 2.05) is 24.3 Å². The number of rotatable bonds is 6. The number of aryl methyl sites for hydroxylation is 1. The van der Waals surface area contributed by atoms with E-state index < -0.39 is 22.0 Å². The SMILES string of the molecule is Cc1ccc(Cl)cc1N([C@H](C)C(=O)Nc1ccc(N2CCCCC2)cc1)S(C)(=O)=O. The number of hydrogen-bond donors (Lipinski definition) is 1. The van der Waals surface area contributed by atoms with Crippen molar-refractivity contribution >= 4 is 44.6 Å². The van der Waals surface area contributed by atoms with Crippen LogP contribution in [0, 0.1) is 6.92 Å². The number of carbonyl (C=O) groups is 1. The summed E-state index contributed by atoms with van der Waals surface area (Å²) < 4.78 is 26.1. The number of amides is 1. The largest absolute Gasteiger partial charge is 0.372 e. The van der Waals surface area contributed by atoms with E-state index in [1.165, 1.54) is 19.3 Å². The van der Waals surface area contributed by atoms with Gasteiger partial charge in [0.2, 0.25) is 15.9 Å². The molecule has 1 atom stereocenters. The third-order valence-corrected chi connectivity index (χ3v) is 6.82. The fourth-order valence-electron chi connectivity index (χ4n) is 3.76. The molecule has 0 bridgehead atoms. The predicted molar refractivity (Wildman–Crippen MR) is 124 cm³/mol. The van der Waals surface area contributed by atoms with Crippen molar-refractivity contribution in [2.75, 3.05) is 33.9 Å². The molecule has 2 aromatic carbocycles. The van der Waals surface area contributed by atoms with Crippen LogP contribution in [0.15, 0.2) is 42.5 Å². The highest BCUT2D eigenvalue weighted by atomic mass is 35.5. The van der Waals surface area contributed by atoms with Crippen LogP contribution in [0.3, 0.4) is 0 Å². The second kappa shape index (κ2) is 9.27. The summed E-state index contributed by atoms with van der Waals surface area (Å²) in [6.07, 6.45) is 4.75. The van der Waals surface area contributed by atoms with E-state index in [0.29, 0.717) is 16.4 Å². The molecule has 0 saturated carbocycles. The zero-order valence-electron chi connectivity index (χ0n) is 17.6. The van der Waals surface area contributed by atoms with E-state index in [4.69, 9.17) is 11.6 Å². The second-order valence-corrected chi connectivity index (χ2v) is 10.0. The molecule has 1 aliphatic heterocycles. The summed E-state index contributed by atoms with van der Waals surface area (Å²) in [7, 11) is -3.71. The van der Waals surface area contributed by atoms with Gasteiger partial charge in [0.15, 0.2) is 0 Å². The molecule has 1 N–H and O–H groups in total. The Hall–Kier alpha value is -2.25. The molecule has 1 saturated heterocycles. The molecule has 0 aliphatic carbocycles. The maximum atomic E-state index is 12.9. The van der Waals surface area contributed by atoms with E-state index in [1.54, 1.807) is 32.0 Å². The van der Waals surface area contributed by atoms with Crippen molar-refractivity contribution in [3.8, 4) is 0 Å². The Balaban J connectivity index is 1.78. The van der Waals surface area contributed by atoms with Crippen LogP contribution in [0.2, 0.25) is 5.02 Å². The lowest BCUT2D eigenvalue weighted by Gasteiger charge is -2.30. The van der Waals surface area contributed by atoms with Crippen molar-refractivity contribution in [3.63, 3.8) is 0 Å². The summed E-state index contributed by atoms with van der Waals surface area (Å²) in [4.78, 5) is 15.2. The molecule has 1 aliphatic rings. The minimum Gasteiger partial charge on any atom is -0.372 e. The number of anilines is 3. The Labute approximate surface area is 183 Å². The lowest BCUT2D eigenvalue weighted by atomic mass is 10.1. The fraction of sp³-hybridized carbons (Fsp3) is 0.409. The summed E-state index contributed by atoms with van der Waals surface area (Å²) in [5.41, 5.74) is 2.88. The number of piperidine rings is 1. The summed E-state index contributed by atoms with van der Waals surface area (Å²) >= 11 is 6.08. The molecule has 0 spiro atoms. The summed E-state index contributed by atoms with van der Waals surface area (Å²) in [6, 6.07) is 11.7. The van der Waals surface area contributed by atoms with Gasteiger partial charge in [-0.2, -0.15) is 0 Å². The Bertz CT molecular complexity index is 1000. The first-order valence-electron chi connectivity index (χ1n) is 10.1. The highest BCUT2D eigenvalue weighted by Crippen LogP contribution is 2.29. The minimum atomic E-state index is -3.71. The predicted octanol–water partition coefficient (Wildman–Crippen LogP) is 4.43. The molecule has 6 nitrogen and oxygen atoms in total. The first-order valence-corrected chi connectivity index (χ1v) is 12.3. The average Bonchev–Trinajstić information content (AvgIpc) is 2.71. The lowest BCUT2D eigenvalue weighted by molar-refractivity contribution is -0.116. The van der Waals surface area contributed by atoms with E-state index in [-0.39, 0.29) is 0 Å². The van der Waals surface area contributed by atoms with Crippen molar-refractivity contribution in [2.24, 2.45) is 0 Å². The molecule has 1 amide bonds. The van der Waals surface area contributed by atoms with Crippen molar-refractivity contribution in [1.82, 2.24) is 0 Å². The summed E-state index contributed by atoms with van der Waals surface area (Å²) in [5.74, 6) is -0.412. The van der Waals surface area contributed by atoms with Gasteiger partial charge in [-0.15, -0.1) is 0 Å². The molecule has 0 aromatic heterocycles. The van der Waals surface area contributed by atoms with Crippen molar-refractivity contribution in [1.29, 1.82) is 0 Å². The van der Waals surface area contributed by atoms with Gasteiger partial charge in [0.25, 0.3) is 0 Å². The van der Waals surface area contributed by atoms with Gasteiger partial charge in [-0.1, -0.05) is 17.7 Å². The van der Waals surface area contributed by atoms with Gasteiger partial charge in [0.05, 0.1) is 11.9 Å². The van der Waals surface area contributed by atoms with Gasteiger partial charge in [-0.3, -0.25) is 9.10 Å². The summed E-state index contributed by atoms with van der Waals surface area (Å²) in [6.45, 7) is 5.45. The lowest BCUT2D eigenvalue weighted by Crippen LogP contribution is -2.45. The van der Waals surface area contributed by atoms with Gasteiger partial charge in [0, 0.05) is 29.5 Å². The zero-order chi connectivity index (χ0) is 21.9. The van der Waals surface area contributed by atoms with Gasteiger partial charge in [-0.25, -0.2) is 8.42 Å². The van der Waals surface area contributed by atoms with Crippen molar-refractivity contribution < 1.29 is 13.2 Å². The smallest absolute Gasteiger partial charge is 0.247 e. The van der Waals surface area contributed by atoms with Crippen LogP contribution in [-0.4, -0.2) is 39.7 Å². The molecule has 1 heterocycles. The van der Waals surface area contributed by atoms with E-state index in [2.05, 4.69) is 10.2 Å². The molecule has 8 heteroatoms. The zero-order valence-corrected chi connectivity index (χ0v) is 19.1. The Kier molecular flexibility index (Phi) is 6.93. The molecular formula is C22H28ClN3O3S. The number of halogens is 1. The Morgan fingerprint density at radius 1 is 1.10 bits per heavy atom. The normalized spacial score (nSPS) is 15.5. The van der Waals surface area contributed by atoms with Crippen LogP contribution in [0.5, 0.6) is 0 Å². The molecule has 3 rings (SSSR count). The van der Waals surface area contributed by atoms with E-state index in [0.717, 1.165) is 34.9 Å². The third kappa shape index (κ3) is 5.26. The van der Waals surface area contributed by atoms with Crippen molar-refractivity contribution in [2.45, 2.75) is 39.2 Å². The molecule has 0 unspecified atom stereocenters. The minimum absolute atomic E-state index is 0.396. The van der Waals surface area contributed by atoms with E-state index >= 15 is 0 Å². The number of benzene rings is 2. The molecule has 0 radical (unpaired) electrons. The van der Waals surface area contributed by atoms with Crippen LogP contribution in [0.4, 0.5) is 17.1 Å². The van der Waals surface area contributed by atoms with Crippen LogP contribution in [0.25, 0.3) is 0 Å². The number of nitrogens with zero attached hydrogens (tertiary/aromatic N) is 2. The Morgan fingerprint density at radius 2 is 1.73 bits per heavy atom. The number of hydrogen-bond acceptors (Lipinski definition) is 4. The van der Waals surface area contributed by atoms with Crippen LogP contribution in [-0.2, 0) is 14.8 Å². The first-order chi connectivity index (χ1) is 14.2. The summed E-state index contributed by atoms with van der Waals surface area (Å²) in [5, 5.41) is 3.24. The fourth-order valence-corrected chi connectivity index (χ4v) is 5.15. The van der Waals surface area contributed by atoms with Crippen LogP contribution >= 0.6 is 11.6 Å². The topological polar surface area (TPSA) is 69.7 Å². The quantitative estimate of drug-likeness (QED) is 0.708. The first kappa shape index (κ1) is 22.4. The van der Waals surface area contributed by atoms with Crippen LogP contribution < -0.4 is 14.5 Å². The highest BCUT2D eigenvalue weighted by molar-refractivity contribution is 7.92. The average molecular weight is 450 g/mol. The number of nitrogens with one attached hydrogen (secondary N) is 1. The number of sulfonamides is 1. The standard InChI is InChI=1S/C22H28ClN3O3S/c1-16-7-8-18(23)15-21(16)26(30(3,28)29)17(2)22(27)24-19-9-11-20(12-10-19)25-13-5-4-6-14-25/h7-12,15,17H,4-6,13-14H2,1-3H3,(H,24,27)/t17-/m1/s1. The monoisotopic (exact) mass is 449 g/mol. The molecule has 2 aromatic rings. The van der Waals surface area contributed by atoms with Crippen LogP contribution in [0.1, 0.15) is 31.7 Å². The molecule has 162 valence electrons. The van der Waals surface area contributed by atoms with Gasteiger partial charge >= 0.3 is 0 Å². The third-order valence-electron chi connectivity index (χ3n) is 5.35. The Morgan fingerprint density at radius 3 is 2.33 bits per heavy atom. The highest BCUT2D eigenvalue weighted by Gasteiger charge is 2.30. The molecule has 30 heavy (non-hydrogen) atoms. The maximum absolute atomic E-state index is 12.9. The van der Waals surface area contributed by atoms with Crippen molar-refractivity contribution in [3.05, 3.63) is 53.1 Å². The maximum Gasteiger partial charge on any atom is 0.247 e. The second-order valence-electron chi connectivity index (χ2n) is 7.75. The molecule has 1 fully saturated rings. The molecular weight excluding hydrogens is 422 g/mol. The van der Waals surface area contributed by atoms with Gasteiger partial charge in [-0.05, 0) is 75.1 Å². The van der Waals surface area contributed by atoms with Gasteiger partial charge < -0.3 is 10.2 Å². The number of carbonyl (C=O) groups excluding carboxylic acids is 1. The van der Waals surface area contributed by atoms with E-state index in [9.17, 15) is 13.2 Å². The van der Waals surface area contributed by atoms with Gasteiger partial charge in [0.1, 0.15) is 6.04 Å².